The minimum atomic E-state index is -0.000602. The highest BCUT2D eigenvalue weighted by molar-refractivity contribution is 9.10. The van der Waals surface area contributed by atoms with Crippen LogP contribution in [-0.4, -0.2) is 12.9 Å². The standard InChI is InChI=1S/C12H9BrO2S/c1-15-10-6-7-16-12(10)11(14)8-2-4-9(13)5-3-8/h2-7H,1H3. The second-order valence-electron chi connectivity index (χ2n) is 3.15. The van der Waals surface area contributed by atoms with Crippen LogP contribution in [0.1, 0.15) is 15.2 Å². The van der Waals surface area contributed by atoms with Crippen LogP contribution in [0, 0.1) is 0 Å². The lowest BCUT2D eigenvalue weighted by molar-refractivity contribution is 0.104. The summed E-state index contributed by atoms with van der Waals surface area (Å²) in [5, 5.41) is 1.85. The molecule has 0 aliphatic carbocycles. The van der Waals surface area contributed by atoms with E-state index in [0.717, 1.165) is 4.47 Å². The molecule has 0 fully saturated rings. The molecule has 0 radical (unpaired) electrons. The van der Waals surface area contributed by atoms with E-state index in [1.807, 2.05) is 17.5 Å². The number of hydrogen-bond acceptors (Lipinski definition) is 3. The van der Waals surface area contributed by atoms with Crippen LogP contribution in [-0.2, 0) is 0 Å². The molecule has 0 saturated carbocycles. The molecular formula is C12H9BrO2S. The summed E-state index contributed by atoms with van der Waals surface area (Å²) in [5.74, 6) is 0.636. The first kappa shape index (κ1) is 11.4. The summed E-state index contributed by atoms with van der Waals surface area (Å²) in [6.45, 7) is 0. The molecule has 0 saturated heterocycles. The minimum absolute atomic E-state index is 0.000602. The Morgan fingerprint density at radius 3 is 2.56 bits per heavy atom. The molecule has 82 valence electrons. The number of ketones is 1. The second-order valence-corrected chi connectivity index (χ2v) is 4.99. The number of halogens is 1. The van der Waals surface area contributed by atoms with Crippen molar-refractivity contribution in [3.05, 3.63) is 50.6 Å². The SMILES string of the molecule is COc1ccsc1C(=O)c1ccc(Br)cc1. The Hall–Kier alpha value is -1.13. The van der Waals surface area contributed by atoms with Gasteiger partial charge in [0, 0.05) is 10.0 Å². The number of rotatable bonds is 3. The highest BCUT2D eigenvalue weighted by atomic mass is 79.9. The summed E-state index contributed by atoms with van der Waals surface area (Å²) in [7, 11) is 1.57. The van der Waals surface area contributed by atoms with Crippen molar-refractivity contribution >= 4 is 33.0 Å². The molecule has 0 spiro atoms. The molecule has 2 nitrogen and oxygen atoms in total. The fraction of sp³-hybridized carbons (Fsp3) is 0.0833. The largest absolute Gasteiger partial charge is 0.495 e. The maximum absolute atomic E-state index is 12.1. The molecule has 1 aromatic heterocycles. The van der Waals surface area contributed by atoms with Crippen molar-refractivity contribution in [2.24, 2.45) is 0 Å². The average Bonchev–Trinajstić information content (AvgIpc) is 2.77. The Bertz CT molecular complexity index is 502. The monoisotopic (exact) mass is 296 g/mol. The fourth-order valence-corrected chi connectivity index (χ4v) is 2.44. The van der Waals surface area contributed by atoms with Gasteiger partial charge in [0.25, 0.3) is 0 Å². The van der Waals surface area contributed by atoms with E-state index < -0.39 is 0 Å². The van der Waals surface area contributed by atoms with Crippen molar-refractivity contribution < 1.29 is 9.53 Å². The molecule has 16 heavy (non-hydrogen) atoms. The van der Waals surface area contributed by atoms with Gasteiger partial charge in [0.1, 0.15) is 10.6 Å². The van der Waals surface area contributed by atoms with Crippen LogP contribution in [0.2, 0.25) is 0 Å². The van der Waals surface area contributed by atoms with E-state index in [1.165, 1.54) is 11.3 Å². The molecule has 0 aliphatic heterocycles. The number of hydrogen-bond donors (Lipinski definition) is 0. The molecule has 0 N–H and O–H groups in total. The minimum Gasteiger partial charge on any atom is -0.495 e. The van der Waals surface area contributed by atoms with Gasteiger partial charge in [-0.2, -0.15) is 0 Å². The number of methoxy groups -OCH3 is 1. The maximum Gasteiger partial charge on any atom is 0.206 e. The molecule has 0 unspecified atom stereocenters. The summed E-state index contributed by atoms with van der Waals surface area (Å²) in [6, 6.07) is 9.11. The number of carbonyl (C=O) groups excluding carboxylic acids is 1. The van der Waals surface area contributed by atoms with Gasteiger partial charge in [0.05, 0.1) is 7.11 Å². The van der Waals surface area contributed by atoms with Gasteiger partial charge in [-0.15, -0.1) is 11.3 Å². The van der Waals surface area contributed by atoms with Gasteiger partial charge >= 0.3 is 0 Å². The van der Waals surface area contributed by atoms with E-state index in [4.69, 9.17) is 4.74 Å². The lowest BCUT2D eigenvalue weighted by Gasteiger charge is -2.02. The summed E-state index contributed by atoms with van der Waals surface area (Å²) in [6.07, 6.45) is 0. The van der Waals surface area contributed by atoms with Crippen LogP contribution >= 0.6 is 27.3 Å². The Morgan fingerprint density at radius 1 is 1.25 bits per heavy atom. The molecule has 0 bridgehead atoms. The van der Waals surface area contributed by atoms with E-state index in [1.54, 1.807) is 25.3 Å². The van der Waals surface area contributed by atoms with Gasteiger partial charge in [-0.05, 0) is 35.7 Å². The zero-order chi connectivity index (χ0) is 11.5. The summed E-state index contributed by atoms with van der Waals surface area (Å²) >= 11 is 4.73. The van der Waals surface area contributed by atoms with Crippen molar-refractivity contribution in [3.8, 4) is 5.75 Å². The molecule has 1 aromatic carbocycles. The van der Waals surface area contributed by atoms with Gasteiger partial charge in [-0.25, -0.2) is 0 Å². The Labute approximate surface area is 106 Å². The van der Waals surface area contributed by atoms with Crippen LogP contribution in [0.4, 0.5) is 0 Å². The van der Waals surface area contributed by atoms with Gasteiger partial charge in [0.15, 0.2) is 0 Å². The predicted molar refractivity (Wildman–Crippen MR) is 68.4 cm³/mol. The molecule has 0 atom stereocenters. The average molecular weight is 297 g/mol. The third-order valence-corrected chi connectivity index (χ3v) is 3.58. The highest BCUT2D eigenvalue weighted by Crippen LogP contribution is 2.27. The lowest BCUT2D eigenvalue weighted by Crippen LogP contribution is -2.00. The third-order valence-electron chi connectivity index (χ3n) is 2.16. The van der Waals surface area contributed by atoms with Crippen molar-refractivity contribution in [2.75, 3.05) is 7.11 Å². The van der Waals surface area contributed by atoms with Gasteiger partial charge in [-0.1, -0.05) is 15.9 Å². The first-order valence-electron chi connectivity index (χ1n) is 4.64. The zero-order valence-corrected chi connectivity index (χ0v) is 11.0. The first-order valence-corrected chi connectivity index (χ1v) is 6.31. The van der Waals surface area contributed by atoms with Crippen LogP contribution in [0.25, 0.3) is 0 Å². The van der Waals surface area contributed by atoms with E-state index in [2.05, 4.69) is 15.9 Å². The van der Waals surface area contributed by atoms with Crippen molar-refractivity contribution in [1.29, 1.82) is 0 Å². The van der Waals surface area contributed by atoms with Gasteiger partial charge in [0.2, 0.25) is 5.78 Å². The first-order chi connectivity index (χ1) is 7.72. The Morgan fingerprint density at radius 2 is 1.94 bits per heavy atom. The van der Waals surface area contributed by atoms with E-state index in [9.17, 15) is 4.79 Å². The number of benzene rings is 1. The summed E-state index contributed by atoms with van der Waals surface area (Å²) < 4.78 is 6.09. The van der Waals surface area contributed by atoms with E-state index >= 15 is 0 Å². The number of carbonyl (C=O) groups is 1. The van der Waals surface area contributed by atoms with Crippen molar-refractivity contribution in [1.82, 2.24) is 0 Å². The molecular weight excluding hydrogens is 288 g/mol. The second kappa shape index (κ2) is 4.80. The molecule has 2 aromatic rings. The molecule has 4 heteroatoms. The van der Waals surface area contributed by atoms with E-state index in [-0.39, 0.29) is 5.78 Å². The van der Waals surface area contributed by atoms with Crippen molar-refractivity contribution in [2.45, 2.75) is 0 Å². The molecule has 0 amide bonds. The highest BCUT2D eigenvalue weighted by Gasteiger charge is 2.15. The number of thiophene rings is 1. The van der Waals surface area contributed by atoms with Crippen LogP contribution in [0.15, 0.2) is 40.2 Å². The Kier molecular flexibility index (Phi) is 3.41. The van der Waals surface area contributed by atoms with Gasteiger partial charge in [-0.3, -0.25) is 4.79 Å². The predicted octanol–water partition coefficient (Wildman–Crippen LogP) is 3.75. The topological polar surface area (TPSA) is 26.3 Å². The molecule has 1 heterocycles. The third kappa shape index (κ3) is 2.18. The fourth-order valence-electron chi connectivity index (χ4n) is 1.36. The maximum atomic E-state index is 12.1. The molecule has 2 rings (SSSR count). The lowest BCUT2D eigenvalue weighted by atomic mass is 10.1. The molecule has 0 aliphatic rings. The Balaban J connectivity index is 2.35. The summed E-state index contributed by atoms with van der Waals surface area (Å²) in [5.41, 5.74) is 0.670. The zero-order valence-electron chi connectivity index (χ0n) is 8.57. The quantitative estimate of drug-likeness (QED) is 0.807. The summed E-state index contributed by atoms with van der Waals surface area (Å²) in [4.78, 5) is 12.8. The normalized spacial score (nSPS) is 10.1. The van der Waals surface area contributed by atoms with Crippen LogP contribution in [0.5, 0.6) is 5.75 Å². The van der Waals surface area contributed by atoms with E-state index in [0.29, 0.717) is 16.2 Å². The van der Waals surface area contributed by atoms with Crippen molar-refractivity contribution in [3.63, 3.8) is 0 Å². The number of ether oxygens (including phenoxy) is 1. The van der Waals surface area contributed by atoms with Crippen LogP contribution in [0.3, 0.4) is 0 Å². The van der Waals surface area contributed by atoms with Crippen LogP contribution < -0.4 is 4.74 Å². The van der Waals surface area contributed by atoms with Gasteiger partial charge < -0.3 is 4.74 Å². The smallest absolute Gasteiger partial charge is 0.206 e.